The lowest BCUT2D eigenvalue weighted by atomic mass is 10.0. The molecule has 0 unspecified atom stereocenters. The Hall–Kier alpha value is -4.76. The number of nitro groups is 1. The molecule has 0 aliphatic heterocycles. The van der Waals surface area contributed by atoms with Crippen molar-refractivity contribution in [1.29, 1.82) is 0 Å². The molecule has 38 heavy (non-hydrogen) atoms. The molecule has 0 radical (unpaired) electrons. The molecule has 5 rings (SSSR count). The van der Waals surface area contributed by atoms with E-state index >= 15 is 0 Å². The van der Waals surface area contributed by atoms with Gasteiger partial charge in [-0.25, -0.2) is 4.98 Å². The molecular weight excluding hydrogens is 506 g/mol. The molecule has 0 bridgehead atoms. The van der Waals surface area contributed by atoms with Gasteiger partial charge in [-0.15, -0.1) is 0 Å². The van der Waals surface area contributed by atoms with Gasteiger partial charge in [0.25, 0.3) is 11.6 Å². The SMILES string of the molecule is O=C(CCCc1c(-c2ccc3ccccc3n2)[nH]c2ccc(Cl)cc12)NNC(=O)c1ccccc1[N+](=O)[O-]. The van der Waals surface area contributed by atoms with E-state index in [0.717, 1.165) is 38.8 Å². The van der Waals surface area contributed by atoms with Crippen LogP contribution in [0.15, 0.2) is 78.9 Å². The minimum absolute atomic E-state index is 0.120. The van der Waals surface area contributed by atoms with Crippen LogP contribution < -0.4 is 10.9 Å². The Morgan fingerprint density at radius 1 is 0.974 bits per heavy atom. The maximum absolute atomic E-state index is 12.4. The number of benzene rings is 3. The number of hydrogen-bond acceptors (Lipinski definition) is 5. The van der Waals surface area contributed by atoms with E-state index in [9.17, 15) is 19.7 Å². The Morgan fingerprint density at radius 3 is 2.61 bits per heavy atom. The number of aromatic nitrogens is 2. The lowest BCUT2D eigenvalue weighted by Crippen LogP contribution is -2.41. The molecule has 0 spiro atoms. The molecule has 10 heteroatoms. The first-order chi connectivity index (χ1) is 18.4. The quantitative estimate of drug-likeness (QED) is 0.184. The molecule has 0 saturated carbocycles. The van der Waals surface area contributed by atoms with Gasteiger partial charge in [-0.1, -0.05) is 48.0 Å². The molecule has 2 amide bonds. The highest BCUT2D eigenvalue weighted by Crippen LogP contribution is 2.33. The Bertz CT molecular complexity index is 1700. The van der Waals surface area contributed by atoms with Crippen molar-refractivity contribution in [3.05, 3.63) is 105 Å². The fraction of sp³-hybridized carbons (Fsp3) is 0.107. The number of rotatable bonds is 7. The summed E-state index contributed by atoms with van der Waals surface area (Å²) in [6.45, 7) is 0. The van der Waals surface area contributed by atoms with Gasteiger partial charge in [0.15, 0.2) is 0 Å². The molecule has 0 atom stereocenters. The number of halogens is 1. The van der Waals surface area contributed by atoms with Crippen LogP contribution in [0, 0.1) is 10.1 Å². The standard InChI is InChI=1S/C28H22ClN5O4/c29-18-13-15-23-21(16-18)19(27(31-23)24-14-12-17-6-1-3-9-22(17)30-24)8-5-11-26(35)32-33-28(36)20-7-2-4-10-25(20)34(37)38/h1-4,6-7,9-10,12-16,31H,5,8,11H2,(H,32,35)(H,33,36). The first kappa shape index (κ1) is 24.9. The fourth-order valence-electron chi connectivity index (χ4n) is 4.41. The van der Waals surface area contributed by atoms with E-state index in [1.807, 2.05) is 54.6 Å². The number of aromatic amines is 1. The van der Waals surface area contributed by atoms with Crippen molar-refractivity contribution in [2.24, 2.45) is 0 Å². The summed E-state index contributed by atoms with van der Waals surface area (Å²) in [6, 6.07) is 23.0. The number of fused-ring (bicyclic) bond motifs is 2. The van der Waals surface area contributed by atoms with Crippen molar-refractivity contribution in [2.75, 3.05) is 0 Å². The lowest BCUT2D eigenvalue weighted by Gasteiger charge is -2.09. The van der Waals surface area contributed by atoms with Crippen molar-refractivity contribution in [1.82, 2.24) is 20.8 Å². The van der Waals surface area contributed by atoms with E-state index < -0.39 is 16.7 Å². The first-order valence-electron chi connectivity index (χ1n) is 11.9. The van der Waals surface area contributed by atoms with Gasteiger partial charge in [-0.3, -0.25) is 30.6 Å². The lowest BCUT2D eigenvalue weighted by molar-refractivity contribution is -0.385. The normalized spacial score (nSPS) is 11.0. The van der Waals surface area contributed by atoms with Gasteiger partial charge in [0.2, 0.25) is 5.91 Å². The minimum atomic E-state index is -0.762. The molecule has 0 fully saturated rings. The van der Waals surface area contributed by atoms with Gasteiger partial charge in [0.1, 0.15) is 5.56 Å². The second-order valence-corrected chi connectivity index (χ2v) is 9.12. The maximum Gasteiger partial charge on any atom is 0.282 e. The Kier molecular flexibility index (Phi) is 7.01. The second kappa shape index (κ2) is 10.7. The van der Waals surface area contributed by atoms with Crippen LogP contribution >= 0.6 is 11.6 Å². The number of carbonyl (C=O) groups is 2. The monoisotopic (exact) mass is 527 g/mol. The van der Waals surface area contributed by atoms with Gasteiger partial charge in [-0.05, 0) is 54.8 Å². The molecule has 0 saturated heterocycles. The third-order valence-corrected chi connectivity index (χ3v) is 6.45. The van der Waals surface area contributed by atoms with Gasteiger partial charge < -0.3 is 4.98 Å². The molecule has 2 aromatic heterocycles. The van der Waals surface area contributed by atoms with Gasteiger partial charge in [-0.2, -0.15) is 0 Å². The highest BCUT2D eigenvalue weighted by atomic mass is 35.5. The second-order valence-electron chi connectivity index (χ2n) is 8.69. The highest BCUT2D eigenvalue weighted by molar-refractivity contribution is 6.31. The Labute approximate surface area is 222 Å². The average Bonchev–Trinajstić information content (AvgIpc) is 3.29. The summed E-state index contributed by atoms with van der Waals surface area (Å²) in [5.74, 6) is -1.18. The summed E-state index contributed by atoms with van der Waals surface area (Å²) in [7, 11) is 0. The third-order valence-electron chi connectivity index (χ3n) is 6.21. The number of aryl methyl sites for hydroxylation is 1. The number of carbonyl (C=O) groups excluding carboxylic acids is 2. The smallest absolute Gasteiger partial charge is 0.282 e. The summed E-state index contributed by atoms with van der Waals surface area (Å²) in [5.41, 5.74) is 8.53. The zero-order valence-electron chi connectivity index (χ0n) is 20.0. The van der Waals surface area contributed by atoms with E-state index in [2.05, 4.69) is 15.8 Å². The number of hydrazine groups is 1. The van der Waals surface area contributed by atoms with E-state index in [0.29, 0.717) is 17.9 Å². The molecule has 5 aromatic rings. The van der Waals surface area contributed by atoms with Gasteiger partial charge in [0, 0.05) is 33.8 Å². The zero-order chi connectivity index (χ0) is 26.6. The van der Waals surface area contributed by atoms with Crippen LogP contribution in [0.1, 0.15) is 28.8 Å². The van der Waals surface area contributed by atoms with Crippen LogP contribution in [0.3, 0.4) is 0 Å². The summed E-state index contributed by atoms with van der Waals surface area (Å²) < 4.78 is 0. The van der Waals surface area contributed by atoms with Crippen LogP contribution in [0.5, 0.6) is 0 Å². The van der Waals surface area contributed by atoms with Crippen LogP contribution in [0.25, 0.3) is 33.2 Å². The molecule has 2 heterocycles. The van der Waals surface area contributed by atoms with Gasteiger partial charge >= 0.3 is 0 Å². The van der Waals surface area contributed by atoms with Crippen LogP contribution in [0.4, 0.5) is 5.69 Å². The summed E-state index contributed by atoms with van der Waals surface area (Å²) >= 11 is 6.28. The van der Waals surface area contributed by atoms with Crippen molar-refractivity contribution >= 4 is 50.9 Å². The summed E-state index contributed by atoms with van der Waals surface area (Å²) in [4.78, 5) is 43.6. The molecule has 3 N–H and O–H groups in total. The van der Waals surface area contributed by atoms with Crippen molar-refractivity contribution < 1.29 is 14.5 Å². The number of amides is 2. The van der Waals surface area contributed by atoms with E-state index in [-0.39, 0.29) is 17.7 Å². The topological polar surface area (TPSA) is 130 Å². The molecule has 0 aliphatic rings. The largest absolute Gasteiger partial charge is 0.353 e. The number of pyridine rings is 1. The van der Waals surface area contributed by atoms with Crippen molar-refractivity contribution in [3.8, 4) is 11.4 Å². The number of nitro benzene ring substituents is 1. The highest BCUT2D eigenvalue weighted by Gasteiger charge is 2.20. The zero-order valence-corrected chi connectivity index (χ0v) is 20.8. The van der Waals surface area contributed by atoms with Crippen LogP contribution in [-0.2, 0) is 11.2 Å². The van der Waals surface area contributed by atoms with E-state index in [1.165, 1.54) is 24.3 Å². The van der Waals surface area contributed by atoms with Gasteiger partial charge in [0.05, 0.1) is 21.8 Å². The van der Waals surface area contributed by atoms with E-state index in [4.69, 9.17) is 16.6 Å². The molecule has 0 aliphatic carbocycles. The predicted molar refractivity (Wildman–Crippen MR) is 146 cm³/mol. The number of H-pyrrole nitrogens is 1. The minimum Gasteiger partial charge on any atom is -0.353 e. The first-order valence-corrected chi connectivity index (χ1v) is 12.3. The number of hydrogen-bond donors (Lipinski definition) is 3. The molecule has 190 valence electrons. The average molecular weight is 528 g/mol. The molecular formula is C28H22ClN5O4. The Balaban J connectivity index is 1.30. The summed E-state index contributed by atoms with van der Waals surface area (Å²) in [5, 5.41) is 13.7. The predicted octanol–water partition coefficient (Wildman–Crippen LogP) is 5.73. The number of nitrogens with zero attached hydrogens (tertiary/aromatic N) is 2. The molecule has 3 aromatic carbocycles. The fourth-order valence-corrected chi connectivity index (χ4v) is 4.58. The van der Waals surface area contributed by atoms with Crippen molar-refractivity contribution in [3.63, 3.8) is 0 Å². The summed E-state index contributed by atoms with van der Waals surface area (Å²) in [6.07, 6.45) is 1.15. The third kappa shape index (κ3) is 5.18. The van der Waals surface area contributed by atoms with Crippen LogP contribution in [-0.4, -0.2) is 26.7 Å². The molecule has 9 nitrogen and oxygen atoms in total. The number of para-hydroxylation sites is 2. The maximum atomic E-state index is 12.4. The number of nitrogens with one attached hydrogen (secondary N) is 3. The van der Waals surface area contributed by atoms with Crippen LogP contribution in [0.2, 0.25) is 5.02 Å². The van der Waals surface area contributed by atoms with Crippen molar-refractivity contribution in [2.45, 2.75) is 19.3 Å². The Morgan fingerprint density at radius 2 is 1.76 bits per heavy atom. The van der Waals surface area contributed by atoms with E-state index in [1.54, 1.807) is 0 Å².